The van der Waals surface area contributed by atoms with Crippen molar-refractivity contribution in [2.75, 3.05) is 6.79 Å². The Morgan fingerprint density at radius 1 is 1.35 bits per heavy atom. The highest BCUT2D eigenvalue weighted by atomic mass is 16.7. The SMILES string of the molecule is Cc1nnc(COc2cc3c(cc2C=O)OCO3)n1C. The summed E-state index contributed by atoms with van der Waals surface area (Å²) in [4.78, 5) is 11.1. The number of ether oxygens (including phenoxy) is 3. The molecule has 0 aliphatic carbocycles. The van der Waals surface area contributed by atoms with Crippen molar-refractivity contribution in [1.29, 1.82) is 0 Å². The first-order valence-electron chi connectivity index (χ1n) is 6.05. The standard InChI is InChI=1S/C13H13N3O4/c1-8-14-15-13(16(8)2)6-18-10-4-12-11(19-7-20-12)3-9(10)5-17/h3-5H,6-7H2,1-2H3. The molecule has 1 aromatic heterocycles. The highest BCUT2D eigenvalue weighted by molar-refractivity contribution is 5.81. The summed E-state index contributed by atoms with van der Waals surface area (Å²) >= 11 is 0. The Bertz CT molecular complexity index is 666. The van der Waals surface area contributed by atoms with Gasteiger partial charge in [-0.05, 0) is 13.0 Å². The normalized spacial score (nSPS) is 12.5. The molecule has 3 rings (SSSR count). The summed E-state index contributed by atoms with van der Waals surface area (Å²) < 4.78 is 18.0. The first-order valence-corrected chi connectivity index (χ1v) is 6.05. The van der Waals surface area contributed by atoms with Crippen molar-refractivity contribution >= 4 is 6.29 Å². The Hall–Kier alpha value is -2.57. The predicted molar refractivity (Wildman–Crippen MR) is 68.0 cm³/mol. The van der Waals surface area contributed by atoms with Crippen molar-refractivity contribution in [2.45, 2.75) is 13.5 Å². The monoisotopic (exact) mass is 275 g/mol. The molecule has 2 heterocycles. The second kappa shape index (κ2) is 4.84. The largest absolute Gasteiger partial charge is 0.485 e. The van der Waals surface area contributed by atoms with Crippen LogP contribution in [0.4, 0.5) is 0 Å². The molecule has 0 N–H and O–H groups in total. The molecule has 2 aromatic rings. The molecular weight excluding hydrogens is 262 g/mol. The van der Waals surface area contributed by atoms with Gasteiger partial charge >= 0.3 is 0 Å². The Labute approximate surface area is 115 Å². The van der Waals surface area contributed by atoms with E-state index in [4.69, 9.17) is 14.2 Å². The summed E-state index contributed by atoms with van der Waals surface area (Å²) in [6.07, 6.45) is 0.721. The van der Waals surface area contributed by atoms with E-state index >= 15 is 0 Å². The van der Waals surface area contributed by atoms with Crippen molar-refractivity contribution in [3.8, 4) is 17.2 Å². The maximum atomic E-state index is 11.1. The zero-order valence-corrected chi connectivity index (χ0v) is 11.1. The number of rotatable bonds is 4. The molecule has 1 aromatic carbocycles. The van der Waals surface area contributed by atoms with Gasteiger partial charge in [-0.1, -0.05) is 0 Å². The molecule has 1 aliphatic rings. The van der Waals surface area contributed by atoms with Gasteiger partial charge in [0.15, 0.2) is 23.6 Å². The summed E-state index contributed by atoms with van der Waals surface area (Å²) in [6.45, 7) is 2.23. The van der Waals surface area contributed by atoms with Crippen LogP contribution in [0.1, 0.15) is 22.0 Å². The number of fused-ring (bicyclic) bond motifs is 1. The molecule has 0 fully saturated rings. The third kappa shape index (κ3) is 2.07. The van der Waals surface area contributed by atoms with E-state index in [0.29, 0.717) is 28.6 Å². The molecule has 7 heteroatoms. The smallest absolute Gasteiger partial charge is 0.231 e. The molecule has 0 saturated heterocycles. The third-order valence-corrected chi connectivity index (χ3v) is 3.17. The Balaban J connectivity index is 1.83. The molecular formula is C13H13N3O4. The quantitative estimate of drug-likeness (QED) is 0.781. The van der Waals surface area contributed by atoms with E-state index in [0.717, 1.165) is 12.1 Å². The van der Waals surface area contributed by atoms with Crippen LogP contribution >= 0.6 is 0 Å². The van der Waals surface area contributed by atoms with Crippen molar-refractivity contribution < 1.29 is 19.0 Å². The van der Waals surface area contributed by atoms with Crippen LogP contribution in [0.3, 0.4) is 0 Å². The van der Waals surface area contributed by atoms with Crippen molar-refractivity contribution in [3.05, 3.63) is 29.3 Å². The lowest BCUT2D eigenvalue weighted by atomic mass is 10.2. The summed E-state index contributed by atoms with van der Waals surface area (Å²) in [6, 6.07) is 3.25. The number of nitrogens with zero attached hydrogens (tertiary/aromatic N) is 3. The van der Waals surface area contributed by atoms with Crippen LogP contribution in [0, 0.1) is 6.92 Å². The molecule has 0 amide bonds. The van der Waals surface area contributed by atoms with Crippen LogP contribution in [0.15, 0.2) is 12.1 Å². The van der Waals surface area contributed by atoms with Gasteiger partial charge in [0.1, 0.15) is 18.2 Å². The number of aryl methyl sites for hydroxylation is 1. The van der Waals surface area contributed by atoms with Gasteiger partial charge in [-0.15, -0.1) is 10.2 Å². The van der Waals surface area contributed by atoms with Crippen LogP contribution in [0.2, 0.25) is 0 Å². The molecule has 0 unspecified atom stereocenters. The van der Waals surface area contributed by atoms with Crippen molar-refractivity contribution in [3.63, 3.8) is 0 Å². The van der Waals surface area contributed by atoms with Gasteiger partial charge in [0, 0.05) is 13.1 Å². The molecule has 1 aliphatic heterocycles. The third-order valence-electron chi connectivity index (χ3n) is 3.17. The minimum absolute atomic E-state index is 0.152. The second-order valence-corrected chi connectivity index (χ2v) is 4.37. The average molecular weight is 275 g/mol. The summed E-state index contributed by atoms with van der Waals surface area (Å²) in [7, 11) is 1.86. The van der Waals surface area contributed by atoms with Gasteiger partial charge in [-0.3, -0.25) is 4.79 Å². The van der Waals surface area contributed by atoms with E-state index < -0.39 is 0 Å². The number of aromatic nitrogens is 3. The maximum absolute atomic E-state index is 11.1. The molecule has 0 spiro atoms. The van der Waals surface area contributed by atoms with E-state index in [-0.39, 0.29) is 13.4 Å². The molecule has 7 nitrogen and oxygen atoms in total. The summed E-state index contributed by atoms with van der Waals surface area (Å²) in [5.74, 6) is 3.03. The highest BCUT2D eigenvalue weighted by Crippen LogP contribution is 2.37. The van der Waals surface area contributed by atoms with Gasteiger partial charge in [0.2, 0.25) is 6.79 Å². The van der Waals surface area contributed by atoms with Crippen molar-refractivity contribution in [2.24, 2.45) is 7.05 Å². The summed E-state index contributed by atoms with van der Waals surface area (Å²) in [5.41, 5.74) is 0.410. The number of benzene rings is 1. The Morgan fingerprint density at radius 3 is 2.75 bits per heavy atom. The predicted octanol–water partition coefficient (Wildman–Crippen LogP) is 1.24. The molecule has 20 heavy (non-hydrogen) atoms. The minimum atomic E-state index is 0.152. The number of hydrogen-bond donors (Lipinski definition) is 0. The van der Waals surface area contributed by atoms with Gasteiger partial charge in [0.25, 0.3) is 0 Å². The first kappa shape index (κ1) is 12.5. The van der Waals surface area contributed by atoms with Crippen LogP contribution in [-0.4, -0.2) is 27.8 Å². The topological polar surface area (TPSA) is 75.5 Å². The lowest BCUT2D eigenvalue weighted by Gasteiger charge is -2.09. The Kier molecular flexibility index (Phi) is 3.02. The van der Waals surface area contributed by atoms with E-state index in [1.165, 1.54) is 0 Å². The molecule has 0 radical (unpaired) electrons. The van der Waals surface area contributed by atoms with Gasteiger partial charge in [0.05, 0.1) is 5.56 Å². The van der Waals surface area contributed by atoms with Crippen LogP contribution < -0.4 is 14.2 Å². The lowest BCUT2D eigenvalue weighted by Crippen LogP contribution is -2.05. The Morgan fingerprint density at radius 2 is 2.10 bits per heavy atom. The van der Waals surface area contributed by atoms with Gasteiger partial charge in [-0.2, -0.15) is 0 Å². The van der Waals surface area contributed by atoms with Crippen LogP contribution in [-0.2, 0) is 13.7 Å². The number of hydrogen-bond acceptors (Lipinski definition) is 6. The second-order valence-electron chi connectivity index (χ2n) is 4.37. The maximum Gasteiger partial charge on any atom is 0.231 e. The van der Waals surface area contributed by atoms with Gasteiger partial charge < -0.3 is 18.8 Å². The van der Waals surface area contributed by atoms with E-state index in [2.05, 4.69) is 10.2 Å². The lowest BCUT2D eigenvalue weighted by molar-refractivity contribution is 0.111. The fourth-order valence-electron chi connectivity index (χ4n) is 1.88. The molecule has 0 bridgehead atoms. The van der Waals surface area contributed by atoms with E-state index in [9.17, 15) is 4.79 Å². The zero-order valence-electron chi connectivity index (χ0n) is 11.1. The fraction of sp³-hybridized carbons (Fsp3) is 0.308. The van der Waals surface area contributed by atoms with Crippen LogP contribution in [0.5, 0.6) is 17.2 Å². The van der Waals surface area contributed by atoms with Crippen molar-refractivity contribution in [1.82, 2.24) is 14.8 Å². The van der Waals surface area contributed by atoms with E-state index in [1.54, 1.807) is 12.1 Å². The number of carbonyl (C=O) groups excluding carboxylic acids is 1. The molecule has 0 saturated carbocycles. The molecule has 0 atom stereocenters. The first-order chi connectivity index (χ1) is 9.69. The number of carbonyl (C=O) groups is 1. The van der Waals surface area contributed by atoms with Crippen LogP contribution in [0.25, 0.3) is 0 Å². The minimum Gasteiger partial charge on any atom is -0.485 e. The summed E-state index contributed by atoms with van der Waals surface area (Å²) in [5, 5.41) is 7.95. The molecule has 104 valence electrons. The average Bonchev–Trinajstić information content (AvgIpc) is 3.03. The fourth-order valence-corrected chi connectivity index (χ4v) is 1.88. The highest BCUT2D eigenvalue weighted by Gasteiger charge is 2.18. The zero-order chi connectivity index (χ0) is 14.1. The van der Waals surface area contributed by atoms with E-state index in [1.807, 2.05) is 18.5 Å². The van der Waals surface area contributed by atoms with Gasteiger partial charge in [-0.25, -0.2) is 0 Å². The number of aldehydes is 1.